The highest BCUT2D eigenvalue weighted by Gasteiger charge is 2.19. The Labute approximate surface area is 191 Å². The molecule has 0 aliphatic rings. The van der Waals surface area contributed by atoms with E-state index in [1.807, 2.05) is 48.5 Å². The van der Waals surface area contributed by atoms with E-state index in [1.165, 1.54) is 0 Å². The number of ether oxygens (including phenoxy) is 1. The highest BCUT2D eigenvalue weighted by atomic mass is 32.2. The lowest BCUT2D eigenvalue weighted by Crippen LogP contribution is -2.10. The zero-order valence-electron chi connectivity index (χ0n) is 18.5. The highest BCUT2D eigenvalue weighted by Crippen LogP contribution is 2.34. The van der Waals surface area contributed by atoms with Crippen LogP contribution in [0.1, 0.15) is 26.5 Å². The first-order valence-electron chi connectivity index (χ1n) is 10.1. The van der Waals surface area contributed by atoms with Crippen LogP contribution in [0, 0.1) is 0 Å². The summed E-state index contributed by atoms with van der Waals surface area (Å²) in [6.07, 6.45) is 1.58. The first-order chi connectivity index (χ1) is 15.3. The van der Waals surface area contributed by atoms with Crippen molar-refractivity contribution < 1.29 is 9.26 Å². The molecule has 0 radical (unpaired) electrons. The molecule has 0 spiro atoms. The molecular weight excluding hydrogens is 422 g/mol. The molecule has 0 fully saturated rings. The van der Waals surface area contributed by atoms with E-state index in [2.05, 4.69) is 53.1 Å². The smallest absolute Gasteiger partial charge is 0.175 e. The van der Waals surface area contributed by atoms with Gasteiger partial charge in [0, 0.05) is 27.5 Å². The first-order valence-corrected chi connectivity index (χ1v) is 10.9. The van der Waals surface area contributed by atoms with Crippen molar-refractivity contribution in [1.82, 2.24) is 15.1 Å². The standard InChI is InChI=1S/C24H25N5O2S/c1-15(28-22-13-21(31-29-22)24(2,3)4)27-16-7-6-8-18(11-16)32-23-19-12-17(30-5)9-10-20(19)25-14-26-23/h6-14,27H,1H2,2-5H3,(H,28,29). The second-order valence-corrected chi connectivity index (χ2v) is 9.31. The molecule has 4 rings (SSSR count). The van der Waals surface area contributed by atoms with E-state index >= 15 is 0 Å². The van der Waals surface area contributed by atoms with E-state index in [0.717, 1.165) is 38.0 Å². The molecule has 4 aromatic rings. The Hall–Kier alpha value is -3.52. The fourth-order valence-electron chi connectivity index (χ4n) is 3.02. The summed E-state index contributed by atoms with van der Waals surface area (Å²) >= 11 is 1.56. The van der Waals surface area contributed by atoms with Crippen LogP contribution < -0.4 is 15.4 Å². The Kier molecular flexibility index (Phi) is 6.05. The van der Waals surface area contributed by atoms with Crippen LogP contribution in [0.5, 0.6) is 5.75 Å². The molecule has 0 aliphatic heterocycles. The Morgan fingerprint density at radius 2 is 1.91 bits per heavy atom. The van der Waals surface area contributed by atoms with E-state index in [9.17, 15) is 0 Å². The van der Waals surface area contributed by atoms with Gasteiger partial charge in [-0.05, 0) is 36.4 Å². The number of anilines is 2. The van der Waals surface area contributed by atoms with Crippen LogP contribution in [0.4, 0.5) is 11.5 Å². The lowest BCUT2D eigenvalue weighted by Gasteiger charge is -2.12. The maximum absolute atomic E-state index is 5.41. The maximum atomic E-state index is 5.41. The number of nitrogens with zero attached hydrogens (tertiary/aromatic N) is 3. The number of rotatable bonds is 7. The van der Waals surface area contributed by atoms with Gasteiger partial charge in [0.25, 0.3) is 0 Å². The molecule has 0 aliphatic carbocycles. The van der Waals surface area contributed by atoms with Crippen molar-refractivity contribution in [2.24, 2.45) is 0 Å². The van der Waals surface area contributed by atoms with Crippen molar-refractivity contribution in [1.29, 1.82) is 0 Å². The van der Waals surface area contributed by atoms with E-state index < -0.39 is 0 Å². The van der Waals surface area contributed by atoms with Crippen LogP contribution >= 0.6 is 11.8 Å². The summed E-state index contributed by atoms with van der Waals surface area (Å²) in [5.41, 5.74) is 1.66. The van der Waals surface area contributed by atoms with Gasteiger partial charge in [0.15, 0.2) is 5.82 Å². The van der Waals surface area contributed by atoms with Gasteiger partial charge in [0.05, 0.1) is 12.6 Å². The van der Waals surface area contributed by atoms with Crippen molar-refractivity contribution in [3.63, 3.8) is 0 Å². The number of fused-ring (bicyclic) bond motifs is 1. The topological polar surface area (TPSA) is 85.1 Å². The molecule has 2 aromatic heterocycles. The van der Waals surface area contributed by atoms with Crippen LogP contribution in [0.15, 0.2) is 81.7 Å². The van der Waals surface area contributed by atoms with Crippen LogP contribution in [0.25, 0.3) is 10.9 Å². The quantitative estimate of drug-likeness (QED) is 0.330. The molecule has 2 aromatic carbocycles. The van der Waals surface area contributed by atoms with Crippen molar-refractivity contribution in [3.8, 4) is 5.75 Å². The minimum absolute atomic E-state index is 0.109. The summed E-state index contributed by atoms with van der Waals surface area (Å²) in [4.78, 5) is 9.85. The molecule has 32 heavy (non-hydrogen) atoms. The summed E-state index contributed by atoms with van der Waals surface area (Å²) in [5.74, 6) is 2.78. The third kappa shape index (κ3) is 5.03. The maximum Gasteiger partial charge on any atom is 0.175 e. The lowest BCUT2D eigenvalue weighted by atomic mass is 9.93. The summed E-state index contributed by atoms with van der Waals surface area (Å²) in [7, 11) is 1.65. The zero-order chi connectivity index (χ0) is 22.7. The second-order valence-electron chi connectivity index (χ2n) is 8.25. The van der Waals surface area contributed by atoms with Gasteiger partial charge in [-0.3, -0.25) is 0 Å². The van der Waals surface area contributed by atoms with Crippen molar-refractivity contribution in [2.75, 3.05) is 17.7 Å². The van der Waals surface area contributed by atoms with Crippen molar-refractivity contribution >= 4 is 34.2 Å². The Balaban J connectivity index is 1.48. The van der Waals surface area contributed by atoms with Gasteiger partial charge < -0.3 is 19.9 Å². The number of nitrogens with one attached hydrogen (secondary N) is 2. The lowest BCUT2D eigenvalue weighted by molar-refractivity contribution is 0.331. The number of aromatic nitrogens is 3. The molecule has 0 bridgehead atoms. The predicted octanol–water partition coefficient (Wildman–Crippen LogP) is 6.07. The van der Waals surface area contributed by atoms with Crippen LogP contribution in [0.3, 0.4) is 0 Å². The van der Waals surface area contributed by atoms with Gasteiger partial charge in [-0.15, -0.1) is 0 Å². The van der Waals surface area contributed by atoms with Crippen molar-refractivity contribution in [3.05, 3.63) is 73.0 Å². The molecule has 7 nitrogen and oxygen atoms in total. The van der Waals surface area contributed by atoms with E-state index in [4.69, 9.17) is 9.26 Å². The molecule has 0 atom stereocenters. The summed E-state index contributed by atoms with van der Waals surface area (Å²) < 4.78 is 10.8. The average molecular weight is 448 g/mol. The summed E-state index contributed by atoms with van der Waals surface area (Å²) in [5, 5.41) is 12.3. The zero-order valence-corrected chi connectivity index (χ0v) is 19.3. The molecule has 0 unspecified atom stereocenters. The fourth-order valence-corrected chi connectivity index (χ4v) is 3.95. The summed E-state index contributed by atoms with van der Waals surface area (Å²) in [6.45, 7) is 10.3. The number of methoxy groups -OCH3 is 1. The Morgan fingerprint density at radius 3 is 2.66 bits per heavy atom. The number of hydrogen-bond acceptors (Lipinski definition) is 8. The van der Waals surface area contributed by atoms with Gasteiger partial charge in [-0.25, -0.2) is 9.97 Å². The molecular formula is C24H25N5O2S. The molecule has 2 N–H and O–H groups in total. The van der Waals surface area contributed by atoms with Crippen LogP contribution in [0.2, 0.25) is 0 Å². The molecule has 2 heterocycles. The second kappa shape index (κ2) is 8.92. The molecule has 0 saturated carbocycles. The minimum atomic E-state index is -0.109. The number of hydrogen-bond donors (Lipinski definition) is 2. The van der Waals surface area contributed by atoms with E-state index in [0.29, 0.717) is 11.6 Å². The monoisotopic (exact) mass is 447 g/mol. The minimum Gasteiger partial charge on any atom is -0.497 e. The summed E-state index contributed by atoms with van der Waals surface area (Å²) in [6, 6.07) is 15.7. The molecule has 8 heteroatoms. The highest BCUT2D eigenvalue weighted by molar-refractivity contribution is 7.99. The third-order valence-corrected chi connectivity index (χ3v) is 5.69. The van der Waals surface area contributed by atoms with E-state index in [1.54, 1.807) is 25.2 Å². The molecule has 0 saturated heterocycles. The molecule has 0 amide bonds. The normalized spacial score (nSPS) is 11.4. The first kappa shape index (κ1) is 21.7. The van der Waals surface area contributed by atoms with Gasteiger partial charge in [0.2, 0.25) is 0 Å². The average Bonchev–Trinajstić information content (AvgIpc) is 3.23. The van der Waals surface area contributed by atoms with Gasteiger partial charge >= 0.3 is 0 Å². The third-order valence-electron chi connectivity index (χ3n) is 4.68. The SMILES string of the molecule is C=C(Nc1cccc(Sc2ncnc3ccc(OC)cc23)c1)Nc1cc(C(C)(C)C)on1. The van der Waals surface area contributed by atoms with Gasteiger partial charge in [-0.1, -0.05) is 50.3 Å². The Bertz CT molecular complexity index is 1260. The van der Waals surface area contributed by atoms with Gasteiger partial charge in [-0.2, -0.15) is 0 Å². The van der Waals surface area contributed by atoms with Crippen molar-refractivity contribution in [2.45, 2.75) is 36.1 Å². The Morgan fingerprint density at radius 1 is 1.06 bits per heavy atom. The number of benzene rings is 2. The van der Waals surface area contributed by atoms with Crippen LogP contribution in [-0.4, -0.2) is 22.2 Å². The fraction of sp³-hybridized carbons (Fsp3) is 0.208. The predicted molar refractivity (Wildman–Crippen MR) is 128 cm³/mol. The molecule has 164 valence electrons. The largest absolute Gasteiger partial charge is 0.497 e. The van der Waals surface area contributed by atoms with Crippen LogP contribution in [-0.2, 0) is 5.41 Å². The van der Waals surface area contributed by atoms with E-state index in [-0.39, 0.29) is 5.41 Å². The van der Waals surface area contributed by atoms with Gasteiger partial charge in [0.1, 0.15) is 28.7 Å².